The summed E-state index contributed by atoms with van der Waals surface area (Å²) in [5.74, 6) is 0.814. The molecule has 15 heavy (non-hydrogen) atoms. The van der Waals surface area contributed by atoms with E-state index in [9.17, 15) is 5.11 Å². The van der Waals surface area contributed by atoms with Gasteiger partial charge in [0, 0.05) is 5.56 Å². The number of methoxy groups -OCH3 is 1. The number of nitrogens with one attached hydrogen (secondary N) is 1. The fourth-order valence-corrected chi connectivity index (χ4v) is 1.87. The number of aromatic hydroxyl groups is 1. The molecule has 0 bridgehead atoms. The van der Waals surface area contributed by atoms with E-state index in [-0.39, 0.29) is 5.75 Å². The molecule has 4 heteroatoms. The number of halogens is 1. The standard InChI is InChI=1S/C11H16ClNO2/c1-7-10(14)8(4-5-13-2)6-9(12)11(7)15-3/h6,13-14H,4-5H2,1-3H3. The molecule has 0 saturated carbocycles. The fraction of sp³-hybridized carbons (Fsp3) is 0.455. The number of likely N-dealkylation sites (N-methyl/N-ethyl adjacent to an activating group) is 1. The van der Waals surface area contributed by atoms with Gasteiger partial charge in [0.25, 0.3) is 0 Å². The Bertz CT molecular complexity index is 353. The summed E-state index contributed by atoms with van der Waals surface area (Å²) in [6, 6.07) is 1.75. The summed E-state index contributed by atoms with van der Waals surface area (Å²) in [5, 5.41) is 13.5. The first kappa shape index (κ1) is 12.1. The molecule has 0 aliphatic heterocycles. The maximum atomic E-state index is 9.89. The molecule has 0 aliphatic rings. The molecule has 84 valence electrons. The third kappa shape index (κ3) is 2.55. The minimum absolute atomic E-state index is 0.270. The molecule has 3 nitrogen and oxygen atoms in total. The highest BCUT2D eigenvalue weighted by Crippen LogP contribution is 2.37. The predicted octanol–water partition coefficient (Wildman–Crippen LogP) is 2.12. The van der Waals surface area contributed by atoms with Gasteiger partial charge in [-0.2, -0.15) is 0 Å². The predicted molar refractivity (Wildman–Crippen MR) is 62.0 cm³/mol. The maximum Gasteiger partial charge on any atom is 0.144 e. The number of ether oxygens (including phenoxy) is 1. The van der Waals surface area contributed by atoms with Crippen LogP contribution in [-0.2, 0) is 6.42 Å². The Morgan fingerprint density at radius 1 is 1.53 bits per heavy atom. The topological polar surface area (TPSA) is 41.5 Å². The van der Waals surface area contributed by atoms with Crippen molar-refractivity contribution in [2.24, 2.45) is 0 Å². The van der Waals surface area contributed by atoms with Gasteiger partial charge >= 0.3 is 0 Å². The normalized spacial score (nSPS) is 10.4. The number of rotatable bonds is 4. The Balaban J connectivity index is 3.10. The van der Waals surface area contributed by atoms with Crippen LogP contribution in [0.1, 0.15) is 11.1 Å². The summed E-state index contributed by atoms with van der Waals surface area (Å²) in [4.78, 5) is 0. The molecule has 0 amide bonds. The van der Waals surface area contributed by atoms with Crippen molar-refractivity contribution in [3.8, 4) is 11.5 Å². The summed E-state index contributed by atoms with van der Waals surface area (Å²) in [5.41, 5.74) is 1.53. The summed E-state index contributed by atoms with van der Waals surface area (Å²) in [6.07, 6.45) is 0.743. The van der Waals surface area contributed by atoms with E-state index in [0.29, 0.717) is 16.3 Å². The number of hydrogen-bond donors (Lipinski definition) is 2. The molecule has 0 aromatic heterocycles. The highest BCUT2D eigenvalue weighted by molar-refractivity contribution is 6.32. The SMILES string of the molecule is CNCCc1cc(Cl)c(OC)c(C)c1O. The summed E-state index contributed by atoms with van der Waals surface area (Å²) >= 11 is 6.03. The van der Waals surface area contributed by atoms with E-state index in [1.807, 2.05) is 7.05 Å². The average Bonchev–Trinajstić information content (AvgIpc) is 2.22. The molecule has 0 fully saturated rings. The van der Waals surface area contributed by atoms with Crippen molar-refractivity contribution >= 4 is 11.6 Å². The van der Waals surface area contributed by atoms with E-state index in [4.69, 9.17) is 16.3 Å². The first-order valence-electron chi connectivity index (χ1n) is 4.81. The van der Waals surface area contributed by atoms with Gasteiger partial charge in [0.15, 0.2) is 0 Å². The molecule has 2 N–H and O–H groups in total. The van der Waals surface area contributed by atoms with Gasteiger partial charge in [0.1, 0.15) is 11.5 Å². The second-order valence-corrected chi connectivity index (χ2v) is 3.79. The van der Waals surface area contributed by atoms with Crippen molar-refractivity contribution in [2.45, 2.75) is 13.3 Å². The molecule has 0 saturated heterocycles. The Labute approximate surface area is 95.0 Å². The maximum absolute atomic E-state index is 9.89. The zero-order valence-corrected chi connectivity index (χ0v) is 9.98. The molecule has 1 aromatic rings. The summed E-state index contributed by atoms with van der Waals surface area (Å²) in [6.45, 7) is 2.60. The first-order chi connectivity index (χ1) is 7.11. The van der Waals surface area contributed by atoms with Gasteiger partial charge in [-0.05, 0) is 38.6 Å². The lowest BCUT2D eigenvalue weighted by molar-refractivity contribution is 0.401. The molecule has 0 unspecified atom stereocenters. The highest BCUT2D eigenvalue weighted by Gasteiger charge is 2.13. The van der Waals surface area contributed by atoms with Gasteiger partial charge in [-0.15, -0.1) is 0 Å². The van der Waals surface area contributed by atoms with Crippen LogP contribution in [0.4, 0.5) is 0 Å². The number of phenols is 1. The van der Waals surface area contributed by atoms with Crippen LogP contribution in [0.3, 0.4) is 0 Å². The third-order valence-electron chi connectivity index (χ3n) is 2.37. The lowest BCUT2D eigenvalue weighted by atomic mass is 10.1. The van der Waals surface area contributed by atoms with E-state index >= 15 is 0 Å². The van der Waals surface area contributed by atoms with Gasteiger partial charge in [0.2, 0.25) is 0 Å². The third-order valence-corrected chi connectivity index (χ3v) is 2.65. The zero-order chi connectivity index (χ0) is 11.4. The molecular formula is C11H16ClNO2. The quantitative estimate of drug-likeness (QED) is 0.831. The van der Waals surface area contributed by atoms with Crippen LogP contribution in [0.15, 0.2) is 6.07 Å². The minimum atomic E-state index is 0.270. The van der Waals surface area contributed by atoms with Crippen molar-refractivity contribution < 1.29 is 9.84 Å². The average molecular weight is 230 g/mol. The molecule has 0 spiro atoms. The smallest absolute Gasteiger partial charge is 0.144 e. The van der Waals surface area contributed by atoms with Crippen molar-refractivity contribution in [1.29, 1.82) is 0 Å². The van der Waals surface area contributed by atoms with Crippen LogP contribution in [0.2, 0.25) is 5.02 Å². The molecule has 1 rings (SSSR count). The minimum Gasteiger partial charge on any atom is -0.507 e. The second kappa shape index (κ2) is 5.24. The lowest BCUT2D eigenvalue weighted by Crippen LogP contribution is -2.10. The molecular weight excluding hydrogens is 214 g/mol. The van der Waals surface area contributed by atoms with E-state index in [1.54, 1.807) is 20.1 Å². The largest absolute Gasteiger partial charge is 0.507 e. The first-order valence-corrected chi connectivity index (χ1v) is 5.19. The Morgan fingerprint density at radius 2 is 2.20 bits per heavy atom. The van der Waals surface area contributed by atoms with E-state index < -0.39 is 0 Å². The molecule has 1 aromatic carbocycles. The van der Waals surface area contributed by atoms with Gasteiger partial charge in [-0.3, -0.25) is 0 Å². The van der Waals surface area contributed by atoms with Crippen molar-refractivity contribution in [1.82, 2.24) is 5.32 Å². The molecule has 0 radical (unpaired) electrons. The van der Waals surface area contributed by atoms with Gasteiger partial charge in [-0.1, -0.05) is 11.6 Å². The number of hydrogen-bond acceptors (Lipinski definition) is 3. The second-order valence-electron chi connectivity index (χ2n) is 3.38. The Morgan fingerprint density at radius 3 is 2.73 bits per heavy atom. The highest BCUT2D eigenvalue weighted by atomic mass is 35.5. The van der Waals surface area contributed by atoms with Crippen LogP contribution in [0, 0.1) is 6.92 Å². The molecule has 0 aliphatic carbocycles. The van der Waals surface area contributed by atoms with Gasteiger partial charge in [0.05, 0.1) is 12.1 Å². The monoisotopic (exact) mass is 229 g/mol. The van der Waals surface area contributed by atoms with Gasteiger partial charge < -0.3 is 15.2 Å². The van der Waals surface area contributed by atoms with Crippen LogP contribution >= 0.6 is 11.6 Å². The van der Waals surface area contributed by atoms with E-state index in [1.165, 1.54) is 0 Å². The van der Waals surface area contributed by atoms with E-state index in [2.05, 4.69) is 5.32 Å². The van der Waals surface area contributed by atoms with Crippen LogP contribution in [0.5, 0.6) is 11.5 Å². The van der Waals surface area contributed by atoms with Crippen molar-refractivity contribution in [3.05, 3.63) is 22.2 Å². The van der Waals surface area contributed by atoms with Crippen LogP contribution in [0.25, 0.3) is 0 Å². The summed E-state index contributed by atoms with van der Waals surface area (Å²) < 4.78 is 5.11. The zero-order valence-electron chi connectivity index (χ0n) is 9.22. The Kier molecular flexibility index (Phi) is 4.24. The van der Waals surface area contributed by atoms with Crippen molar-refractivity contribution in [3.63, 3.8) is 0 Å². The summed E-state index contributed by atoms with van der Waals surface area (Å²) in [7, 11) is 3.41. The van der Waals surface area contributed by atoms with Crippen LogP contribution < -0.4 is 10.1 Å². The molecule has 0 atom stereocenters. The lowest BCUT2D eigenvalue weighted by Gasteiger charge is -2.12. The number of benzene rings is 1. The molecule has 0 heterocycles. The van der Waals surface area contributed by atoms with Gasteiger partial charge in [-0.25, -0.2) is 0 Å². The fourth-order valence-electron chi connectivity index (χ4n) is 1.52. The Hall–Kier alpha value is -0.930. The number of phenolic OH excluding ortho intramolecular Hbond substituents is 1. The van der Waals surface area contributed by atoms with Crippen molar-refractivity contribution in [2.75, 3.05) is 20.7 Å². The van der Waals surface area contributed by atoms with Crippen LogP contribution in [-0.4, -0.2) is 25.8 Å². The van der Waals surface area contributed by atoms with E-state index in [0.717, 1.165) is 18.5 Å².